The Morgan fingerprint density at radius 2 is 1.87 bits per heavy atom. The molecule has 0 saturated carbocycles. The summed E-state index contributed by atoms with van der Waals surface area (Å²) in [6.45, 7) is 10.1. The largest absolute Gasteiger partial charge is 0.378 e. The first-order valence-corrected chi connectivity index (χ1v) is 5.48. The summed E-state index contributed by atoms with van der Waals surface area (Å²) in [7, 11) is 0. The van der Waals surface area contributed by atoms with Crippen molar-refractivity contribution in [3.8, 4) is 0 Å². The molecule has 4 nitrogen and oxygen atoms in total. The summed E-state index contributed by atoms with van der Waals surface area (Å²) >= 11 is 0. The van der Waals surface area contributed by atoms with Gasteiger partial charge in [-0.25, -0.2) is 0 Å². The molecule has 1 aliphatic rings. The molecule has 1 saturated heterocycles. The van der Waals surface area contributed by atoms with E-state index in [1.165, 1.54) is 0 Å². The van der Waals surface area contributed by atoms with Crippen LogP contribution in [0.2, 0.25) is 0 Å². The van der Waals surface area contributed by atoms with Gasteiger partial charge in [-0.2, -0.15) is 0 Å². The molecule has 0 aliphatic carbocycles. The summed E-state index contributed by atoms with van der Waals surface area (Å²) in [6, 6.07) is 0. The van der Waals surface area contributed by atoms with Gasteiger partial charge in [-0.15, -0.1) is 0 Å². The van der Waals surface area contributed by atoms with Crippen molar-refractivity contribution in [2.75, 3.05) is 26.3 Å². The fourth-order valence-electron chi connectivity index (χ4n) is 1.79. The minimum atomic E-state index is -0.731. The summed E-state index contributed by atoms with van der Waals surface area (Å²) in [5.74, 6) is 0.0551. The first kappa shape index (κ1) is 12.5. The van der Waals surface area contributed by atoms with Crippen LogP contribution >= 0.6 is 0 Å². The van der Waals surface area contributed by atoms with Gasteiger partial charge in [-0.05, 0) is 27.7 Å². The lowest BCUT2D eigenvalue weighted by Crippen LogP contribution is -2.51. The maximum Gasteiger partial charge on any atom is 0.254 e. The number of hydrogen-bond donors (Lipinski definition) is 0. The Hall–Kier alpha value is -0.610. The van der Waals surface area contributed by atoms with Gasteiger partial charge in [0.05, 0.1) is 19.3 Å². The molecule has 0 N–H and O–H groups in total. The van der Waals surface area contributed by atoms with E-state index in [2.05, 4.69) is 0 Å². The van der Waals surface area contributed by atoms with Gasteiger partial charge in [0.25, 0.3) is 5.91 Å². The molecule has 1 amide bonds. The van der Waals surface area contributed by atoms with Gasteiger partial charge in [-0.1, -0.05) is 0 Å². The molecule has 0 atom stereocenters. The highest BCUT2D eigenvalue weighted by molar-refractivity contribution is 5.84. The lowest BCUT2D eigenvalue weighted by Gasteiger charge is -2.35. The number of carbonyl (C=O) groups is 1. The number of rotatable bonds is 3. The van der Waals surface area contributed by atoms with Crippen molar-refractivity contribution in [2.45, 2.75) is 39.4 Å². The molecule has 15 heavy (non-hydrogen) atoms. The van der Waals surface area contributed by atoms with Crippen LogP contribution in [0.15, 0.2) is 0 Å². The summed E-state index contributed by atoms with van der Waals surface area (Å²) in [5.41, 5.74) is -0.731. The lowest BCUT2D eigenvalue weighted by atomic mass is 10.1. The van der Waals surface area contributed by atoms with E-state index in [-0.39, 0.29) is 12.0 Å². The molecule has 0 bridgehead atoms. The second-order valence-corrected chi connectivity index (χ2v) is 4.58. The second-order valence-electron chi connectivity index (χ2n) is 4.58. The van der Waals surface area contributed by atoms with Crippen LogP contribution in [0.1, 0.15) is 27.7 Å². The highest BCUT2D eigenvalue weighted by Crippen LogP contribution is 2.16. The highest BCUT2D eigenvalue weighted by atomic mass is 16.5. The van der Waals surface area contributed by atoms with Crippen molar-refractivity contribution >= 4 is 5.91 Å². The Balaban J connectivity index is 2.56. The summed E-state index contributed by atoms with van der Waals surface area (Å²) < 4.78 is 10.8. The molecule has 88 valence electrons. The normalized spacial score (nSPS) is 18.3. The van der Waals surface area contributed by atoms with Gasteiger partial charge in [0.1, 0.15) is 5.60 Å². The Morgan fingerprint density at radius 1 is 1.33 bits per heavy atom. The molecule has 0 aromatic rings. The Kier molecular flexibility index (Phi) is 4.11. The average molecular weight is 215 g/mol. The maximum atomic E-state index is 12.1. The van der Waals surface area contributed by atoms with Crippen LogP contribution in [0.4, 0.5) is 0 Å². The smallest absolute Gasteiger partial charge is 0.254 e. The third kappa shape index (κ3) is 3.47. The SMILES string of the molecule is CC(C)OC(C)(C)C(=O)N1CCOCC1. The van der Waals surface area contributed by atoms with Gasteiger partial charge < -0.3 is 14.4 Å². The molecule has 0 spiro atoms. The standard InChI is InChI=1S/C11H21NO3/c1-9(2)15-11(3,4)10(13)12-5-7-14-8-6-12/h9H,5-8H2,1-4H3. The molecular formula is C11H21NO3. The number of amides is 1. The van der Waals surface area contributed by atoms with Gasteiger partial charge >= 0.3 is 0 Å². The molecule has 0 radical (unpaired) electrons. The zero-order valence-electron chi connectivity index (χ0n) is 10.1. The first-order valence-electron chi connectivity index (χ1n) is 5.48. The van der Waals surface area contributed by atoms with E-state index < -0.39 is 5.60 Å². The van der Waals surface area contributed by atoms with Crippen LogP contribution in [0.5, 0.6) is 0 Å². The predicted octanol–water partition coefficient (Wildman–Crippen LogP) is 1.05. The van der Waals surface area contributed by atoms with E-state index in [9.17, 15) is 4.79 Å². The molecular weight excluding hydrogens is 194 g/mol. The molecule has 0 aromatic heterocycles. The zero-order chi connectivity index (χ0) is 11.5. The van der Waals surface area contributed by atoms with E-state index >= 15 is 0 Å². The monoisotopic (exact) mass is 215 g/mol. The number of morpholine rings is 1. The molecule has 1 fully saturated rings. The van der Waals surface area contributed by atoms with Crippen molar-refractivity contribution in [1.29, 1.82) is 0 Å². The van der Waals surface area contributed by atoms with Crippen molar-refractivity contribution in [3.05, 3.63) is 0 Å². The molecule has 1 heterocycles. The van der Waals surface area contributed by atoms with E-state index in [4.69, 9.17) is 9.47 Å². The minimum Gasteiger partial charge on any atom is -0.378 e. The first-order chi connectivity index (χ1) is 6.93. The van der Waals surface area contributed by atoms with E-state index in [1.54, 1.807) is 0 Å². The van der Waals surface area contributed by atoms with Gasteiger partial charge in [0.2, 0.25) is 0 Å². The average Bonchev–Trinajstić information content (AvgIpc) is 2.16. The summed E-state index contributed by atoms with van der Waals surface area (Å²) in [4.78, 5) is 13.9. The van der Waals surface area contributed by atoms with E-state index in [0.29, 0.717) is 26.3 Å². The van der Waals surface area contributed by atoms with Crippen LogP contribution in [0, 0.1) is 0 Å². The molecule has 1 rings (SSSR count). The number of hydrogen-bond acceptors (Lipinski definition) is 3. The summed E-state index contributed by atoms with van der Waals surface area (Å²) in [6.07, 6.45) is 0.0602. The van der Waals surface area contributed by atoms with Crippen LogP contribution in [-0.2, 0) is 14.3 Å². The van der Waals surface area contributed by atoms with Gasteiger partial charge in [0.15, 0.2) is 0 Å². The van der Waals surface area contributed by atoms with Gasteiger partial charge in [-0.3, -0.25) is 4.79 Å². The lowest BCUT2D eigenvalue weighted by molar-refractivity contribution is -0.162. The number of ether oxygens (including phenoxy) is 2. The van der Waals surface area contributed by atoms with Gasteiger partial charge in [0, 0.05) is 13.1 Å². The number of nitrogens with zero attached hydrogens (tertiary/aromatic N) is 1. The Morgan fingerprint density at radius 3 is 2.33 bits per heavy atom. The third-order valence-electron chi connectivity index (χ3n) is 2.34. The third-order valence-corrected chi connectivity index (χ3v) is 2.34. The van der Waals surface area contributed by atoms with Crippen LogP contribution in [0.25, 0.3) is 0 Å². The highest BCUT2D eigenvalue weighted by Gasteiger charge is 2.34. The second kappa shape index (κ2) is 4.94. The maximum absolute atomic E-state index is 12.1. The van der Waals surface area contributed by atoms with Crippen molar-refractivity contribution < 1.29 is 14.3 Å². The fourth-order valence-corrected chi connectivity index (χ4v) is 1.79. The zero-order valence-corrected chi connectivity index (χ0v) is 10.1. The Labute approximate surface area is 91.5 Å². The minimum absolute atomic E-state index is 0.0551. The molecule has 0 aromatic carbocycles. The van der Waals surface area contributed by atoms with Crippen LogP contribution in [0.3, 0.4) is 0 Å². The van der Waals surface area contributed by atoms with Crippen molar-refractivity contribution in [1.82, 2.24) is 4.90 Å². The predicted molar refractivity (Wildman–Crippen MR) is 57.7 cm³/mol. The van der Waals surface area contributed by atoms with Crippen molar-refractivity contribution in [3.63, 3.8) is 0 Å². The molecule has 4 heteroatoms. The Bertz CT molecular complexity index is 220. The van der Waals surface area contributed by atoms with E-state index in [0.717, 1.165) is 0 Å². The quantitative estimate of drug-likeness (QED) is 0.706. The fraction of sp³-hybridized carbons (Fsp3) is 0.909. The number of carbonyl (C=O) groups excluding carboxylic acids is 1. The van der Waals surface area contributed by atoms with Crippen LogP contribution < -0.4 is 0 Å². The van der Waals surface area contributed by atoms with Crippen molar-refractivity contribution in [2.24, 2.45) is 0 Å². The molecule has 0 unspecified atom stereocenters. The molecule has 1 aliphatic heterocycles. The van der Waals surface area contributed by atoms with Crippen LogP contribution in [-0.4, -0.2) is 48.8 Å². The topological polar surface area (TPSA) is 38.8 Å². The van der Waals surface area contributed by atoms with E-state index in [1.807, 2.05) is 32.6 Å². The summed E-state index contributed by atoms with van der Waals surface area (Å²) in [5, 5.41) is 0.